The zero-order valence-electron chi connectivity index (χ0n) is 20.3. The molecular weight excluding hydrogens is 418 g/mol. The van der Waals surface area contributed by atoms with Gasteiger partial charge in [0.25, 0.3) is 0 Å². The molecule has 0 aliphatic carbocycles. The molecule has 5 rings (SSSR count). The lowest BCUT2D eigenvalue weighted by Gasteiger charge is -2.33. The molecule has 0 amide bonds. The molecule has 4 aromatic heterocycles. The van der Waals surface area contributed by atoms with Gasteiger partial charge in [-0.15, -0.1) is 0 Å². The molecule has 0 aliphatic heterocycles. The highest BCUT2D eigenvalue weighted by atomic mass is 15.1. The van der Waals surface area contributed by atoms with E-state index in [1.54, 1.807) is 0 Å². The molecule has 0 aliphatic rings. The van der Waals surface area contributed by atoms with Crippen molar-refractivity contribution in [2.75, 3.05) is 14.1 Å². The molecule has 5 aromatic rings. The van der Waals surface area contributed by atoms with E-state index in [-0.39, 0.29) is 5.54 Å². The van der Waals surface area contributed by atoms with E-state index < -0.39 is 0 Å². The van der Waals surface area contributed by atoms with Gasteiger partial charge in [-0.2, -0.15) is 0 Å². The normalized spacial score (nSPS) is 11.9. The van der Waals surface area contributed by atoms with Crippen LogP contribution < -0.4 is 0 Å². The van der Waals surface area contributed by atoms with Crippen LogP contribution in [0.5, 0.6) is 0 Å². The second kappa shape index (κ2) is 8.50. The number of fused-ring (bicyclic) bond motifs is 1. The first-order valence-corrected chi connectivity index (χ1v) is 11.5. The predicted molar refractivity (Wildman–Crippen MR) is 139 cm³/mol. The summed E-state index contributed by atoms with van der Waals surface area (Å²) in [6.07, 6.45) is 5.77. The fourth-order valence-electron chi connectivity index (χ4n) is 4.17. The molecule has 0 spiro atoms. The van der Waals surface area contributed by atoms with Crippen LogP contribution in [0.2, 0.25) is 0 Å². The van der Waals surface area contributed by atoms with E-state index in [1.165, 1.54) is 5.56 Å². The number of nitrogens with zero attached hydrogens (tertiary/aromatic N) is 4. The highest BCUT2D eigenvalue weighted by Gasteiger charge is 2.22. The first-order valence-electron chi connectivity index (χ1n) is 11.5. The second-order valence-electron chi connectivity index (χ2n) is 9.45. The zero-order valence-corrected chi connectivity index (χ0v) is 20.3. The molecule has 0 atom stereocenters. The van der Waals surface area contributed by atoms with Crippen molar-refractivity contribution in [2.45, 2.75) is 26.3 Å². The Balaban J connectivity index is 1.58. The average Bonchev–Trinajstić information content (AvgIpc) is 3.32. The minimum Gasteiger partial charge on any atom is -0.346 e. The number of rotatable bonds is 5. The molecule has 1 N–H and O–H groups in total. The van der Waals surface area contributed by atoms with Crippen LogP contribution in [-0.4, -0.2) is 38.9 Å². The Bertz CT molecular complexity index is 1460. The molecule has 0 saturated carbocycles. The first-order chi connectivity index (χ1) is 16.3. The highest BCUT2D eigenvalue weighted by molar-refractivity contribution is 5.95. The van der Waals surface area contributed by atoms with Gasteiger partial charge in [0.05, 0.1) is 11.4 Å². The Labute approximate surface area is 200 Å². The molecule has 170 valence electrons. The maximum Gasteiger partial charge on any atom is 0.138 e. The van der Waals surface area contributed by atoms with Crippen molar-refractivity contribution in [2.24, 2.45) is 0 Å². The summed E-state index contributed by atoms with van der Waals surface area (Å²) in [5, 5.41) is 1.07. The van der Waals surface area contributed by atoms with E-state index >= 15 is 0 Å². The van der Waals surface area contributed by atoms with Crippen LogP contribution in [0.1, 0.15) is 25.1 Å². The van der Waals surface area contributed by atoms with Crippen molar-refractivity contribution in [1.82, 2.24) is 24.8 Å². The molecule has 0 unspecified atom stereocenters. The van der Waals surface area contributed by atoms with Gasteiger partial charge in [-0.3, -0.25) is 9.97 Å². The SMILES string of the molecule is Cc1cccc(-c2cc(-c3cncc(-c4ccc(C(C)(C)N(C)C)cc4)c3)c3cc[nH]c3n2)n1. The lowest BCUT2D eigenvalue weighted by atomic mass is 9.91. The van der Waals surface area contributed by atoms with E-state index in [2.05, 4.69) is 90.3 Å². The number of aryl methyl sites for hydroxylation is 1. The zero-order chi connectivity index (χ0) is 23.9. The first kappa shape index (κ1) is 22.0. The van der Waals surface area contributed by atoms with Crippen molar-refractivity contribution in [3.8, 4) is 33.6 Å². The maximum atomic E-state index is 4.82. The number of benzene rings is 1. The summed E-state index contributed by atoms with van der Waals surface area (Å²) >= 11 is 0. The van der Waals surface area contributed by atoms with Gasteiger partial charge in [-0.05, 0) is 81.9 Å². The number of aromatic nitrogens is 4. The standard InChI is InChI=1S/C29H29N5/c1-19-7-6-8-26(32-19)27-16-25(24-13-14-31-28(24)33-27)22-15-21(17-30-18-22)20-9-11-23(12-10-20)29(2,3)34(4)5/h6-18H,1-5H3,(H,31,33). The average molecular weight is 448 g/mol. The summed E-state index contributed by atoms with van der Waals surface area (Å²) in [6, 6.07) is 21.2. The van der Waals surface area contributed by atoms with Gasteiger partial charge in [-0.1, -0.05) is 30.3 Å². The summed E-state index contributed by atoms with van der Waals surface area (Å²) < 4.78 is 0. The van der Waals surface area contributed by atoms with Gasteiger partial charge >= 0.3 is 0 Å². The van der Waals surface area contributed by atoms with E-state index in [0.717, 1.165) is 50.4 Å². The van der Waals surface area contributed by atoms with Crippen molar-refractivity contribution >= 4 is 11.0 Å². The van der Waals surface area contributed by atoms with Crippen molar-refractivity contribution in [3.05, 3.63) is 90.5 Å². The quantitative estimate of drug-likeness (QED) is 0.336. The largest absolute Gasteiger partial charge is 0.346 e. The van der Waals surface area contributed by atoms with Gasteiger partial charge in [0, 0.05) is 46.3 Å². The van der Waals surface area contributed by atoms with Crippen LogP contribution in [-0.2, 0) is 5.54 Å². The minimum absolute atomic E-state index is 0.0320. The smallest absolute Gasteiger partial charge is 0.138 e. The van der Waals surface area contributed by atoms with Crippen molar-refractivity contribution < 1.29 is 0 Å². The lowest BCUT2D eigenvalue weighted by molar-refractivity contribution is 0.198. The van der Waals surface area contributed by atoms with Crippen LogP contribution in [0.3, 0.4) is 0 Å². The van der Waals surface area contributed by atoms with Gasteiger partial charge in [0.15, 0.2) is 0 Å². The predicted octanol–water partition coefficient (Wildman–Crippen LogP) is 6.46. The Hall–Kier alpha value is -3.83. The molecule has 5 heteroatoms. The van der Waals surface area contributed by atoms with Gasteiger partial charge in [0.2, 0.25) is 0 Å². The Morgan fingerprint density at radius 1 is 0.794 bits per heavy atom. The van der Waals surface area contributed by atoms with Crippen LogP contribution in [0.15, 0.2) is 79.3 Å². The van der Waals surface area contributed by atoms with Crippen LogP contribution >= 0.6 is 0 Å². The molecule has 0 saturated heterocycles. The lowest BCUT2D eigenvalue weighted by Crippen LogP contribution is -2.35. The summed E-state index contributed by atoms with van der Waals surface area (Å²) in [6.45, 7) is 6.46. The number of hydrogen-bond acceptors (Lipinski definition) is 4. The Morgan fingerprint density at radius 3 is 2.29 bits per heavy atom. The van der Waals surface area contributed by atoms with E-state index in [4.69, 9.17) is 4.98 Å². The summed E-state index contributed by atoms with van der Waals surface area (Å²) in [5.74, 6) is 0. The number of pyridine rings is 3. The molecule has 4 heterocycles. The molecule has 0 bridgehead atoms. The number of nitrogens with one attached hydrogen (secondary N) is 1. The number of hydrogen-bond donors (Lipinski definition) is 1. The molecule has 0 fully saturated rings. The fourth-order valence-corrected chi connectivity index (χ4v) is 4.17. The van der Waals surface area contributed by atoms with Gasteiger partial charge in [0.1, 0.15) is 5.65 Å². The van der Waals surface area contributed by atoms with Gasteiger partial charge in [-0.25, -0.2) is 4.98 Å². The Kier molecular flexibility index (Phi) is 5.50. The molecule has 1 aromatic carbocycles. The third-order valence-corrected chi connectivity index (χ3v) is 6.77. The molecular formula is C29H29N5. The van der Waals surface area contributed by atoms with Crippen LogP contribution in [0, 0.1) is 6.92 Å². The minimum atomic E-state index is -0.0320. The number of H-pyrrole nitrogens is 1. The number of aromatic amines is 1. The van der Waals surface area contributed by atoms with Gasteiger partial charge < -0.3 is 9.88 Å². The summed E-state index contributed by atoms with van der Waals surface area (Å²) in [5.41, 5.74) is 9.14. The van der Waals surface area contributed by atoms with E-state index in [1.807, 2.05) is 43.7 Å². The third-order valence-electron chi connectivity index (χ3n) is 6.77. The fraction of sp³-hybridized carbons (Fsp3) is 0.207. The Morgan fingerprint density at radius 2 is 1.56 bits per heavy atom. The highest BCUT2D eigenvalue weighted by Crippen LogP contribution is 2.34. The van der Waals surface area contributed by atoms with Crippen LogP contribution in [0.25, 0.3) is 44.7 Å². The molecule has 34 heavy (non-hydrogen) atoms. The molecule has 5 nitrogen and oxygen atoms in total. The van der Waals surface area contributed by atoms with E-state index in [0.29, 0.717) is 0 Å². The summed E-state index contributed by atoms with van der Waals surface area (Å²) in [4.78, 5) is 19.6. The van der Waals surface area contributed by atoms with Crippen molar-refractivity contribution in [1.29, 1.82) is 0 Å². The second-order valence-corrected chi connectivity index (χ2v) is 9.45. The topological polar surface area (TPSA) is 57.7 Å². The van der Waals surface area contributed by atoms with Crippen molar-refractivity contribution in [3.63, 3.8) is 0 Å². The van der Waals surface area contributed by atoms with Crippen LogP contribution in [0.4, 0.5) is 0 Å². The summed E-state index contributed by atoms with van der Waals surface area (Å²) in [7, 11) is 4.22. The monoisotopic (exact) mass is 447 g/mol. The van der Waals surface area contributed by atoms with E-state index in [9.17, 15) is 0 Å². The maximum absolute atomic E-state index is 4.82. The third kappa shape index (κ3) is 3.99. The molecule has 0 radical (unpaired) electrons.